The van der Waals surface area contributed by atoms with Crippen LogP contribution in [0.4, 0.5) is 0 Å². The number of aromatic nitrogens is 2. The fraction of sp³-hybridized carbons (Fsp3) is 0.389. The average molecular weight is 342 g/mol. The maximum atomic E-state index is 12.2. The molecule has 0 unspecified atom stereocenters. The number of amides is 2. The number of benzene rings is 1. The Bertz CT molecular complexity index is 729. The van der Waals surface area contributed by atoms with Gasteiger partial charge in [0.2, 0.25) is 5.91 Å². The number of ether oxygens (including phenoxy) is 1. The van der Waals surface area contributed by atoms with Crippen LogP contribution in [0.25, 0.3) is 0 Å². The number of hydrogen-bond donors (Lipinski definition) is 2. The molecule has 2 heterocycles. The van der Waals surface area contributed by atoms with Crippen molar-refractivity contribution in [2.45, 2.75) is 25.0 Å². The van der Waals surface area contributed by atoms with Gasteiger partial charge in [-0.2, -0.15) is 0 Å². The van der Waals surface area contributed by atoms with Gasteiger partial charge in [0.15, 0.2) is 0 Å². The van der Waals surface area contributed by atoms with Crippen LogP contribution in [0.3, 0.4) is 0 Å². The zero-order valence-corrected chi connectivity index (χ0v) is 14.1. The largest absolute Gasteiger partial charge is 0.368 e. The van der Waals surface area contributed by atoms with Gasteiger partial charge in [-0.15, -0.1) is 0 Å². The second kappa shape index (κ2) is 7.94. The van der Waals surface area contributed by atoms with E-state index in [2.05, 4.69) is 15.6 Å². The summed E-state index contributed by atoms with van der Waals surface area (Å²) >= 11 is 0. The van der Waals surface area contributed by atoms with E-state index in [-0.39, 0.29) is 30.5 Å². The predicted molar refractivity (Wildman–Crippen MR) is 91.8 cm³/mol. The Morgan fingerprint density at radius 2 is 2.12 bits per heavy atom. The first-order chi connectivity index (χ1) is 12.1. The van der Waals surface area contributed by atoms with E-state index < -0.39 is 0 Å². The first kappa shape index (κ1) is 17.2. The molecule has 1 aromatic heterocycles. The molecule has 2 aromatic rings. The summed E-state index contributed by atoms with van der Waals surface area (Å²) in [5.74, 6) is 0.286. The minimum absolute atomic E-state index is 0.0719. The molecule has 2 N–H and O–H groups in total. The lowest BCUT2D eigenvalue weighted by Crippen LogP contribution is -2.47. The molecule has 7 nitrogen and oxygen atoms in total. The molecule has 1 aliphatic heterocycles. The summed E-state index contributed by atoms with van der Waals surface area (Å²) in [7, 11) is 1.90. The zero-order valence-electron chi connectivity index (χ0n) is 14.1. The van der Waals surface area contributed by atoms with Gasteiger partial charge in [0, 0.05) is 31.6 Å². The number of nitrogens with one attached hydrogen (secondary N) is 2. The maximum Gasteiger partial charge on any atom is 0.251 e. The maximum absolute atomic E-state index is 12.2. The van der Waals surface area contributed by atoms with Crippen molar-refractivity contribution in [3.63, 3.8) is 0 Å². The summed E-state index contributed by atoms with van der Waals surface area (Å²) in [4.78, 5) is 28.6. The van der Waals surface area contributed by atoms with Gasteiger partial charge in [-0.05, 0) is 25.0 Å². The molecule has 2 amide bonds. The molecule has 3 rings (SSSR count). The molecule has 0 bridgehead atoms. The molecule has 1 fully saturated rings. The number of nitrogens with zero attached hydrogens (tertiary/aromatic N) is 2. The highest BCUT2D eigenvalue weighted by Crippen LogP contribution is 2.26. The van der Waals surface area contributed by atoms with Gasteiger partial charge in [-0.3, -0.25) is 9.59 Å². The number of hydrogen-bond acceptors (Lipinski definition) is 4. The molecule has 1 aromatic carbocycles. The fourth-order valence-corrected chi connectivity index (χ4v) is 2.94. The molecular formula is C18H22N4O3. The van der Waals surface area contributed by atoms with Crippen LogP contribution in [-0.2, 0) is 16.6 Å². The van der Waals surface area contributed by atoms with Crippen molar-refractivity contribution in [1.82, 2.24) is 20.2 Å². The third-order valence-corrected chi connectivity index (χ3v) is 4.23. The minimum atomic E-state index is -0.275. The van der Waals surface area contributed by atoms with Gasteiger partial charge in [0.25, 0.3) is 5.91 Å². The molecule has 0 radical (unpaired) electrons. The van der Waals surface area contributed by atoms with E-state index in [1.165, 1.54) is 0 Å². The van der Waals surface area contributed by atoms with Crippen LogP contribution in [0.2, 0.25) is 0 Å². The molecule has 1 saturated heterocycles. The highest BCUT2D eigenvalue weighted by atomic mass is 16.5. The Hall–Kier alpha value is -2.67. The molecule has 0 aliphatic carbocycles. The SMILES string of the molecule is Cn1ccnc1[C@@H]1OCCC[C@H]1NC(=O)CNC(=O)c1ccccc1. The normalized spacial score (nSPS) is 20.0. The summed E-state index contributed by atoms with van der Waals surface area (Å²) in [6, 6.07) is 8.66. The topological polar surface area (TPSA) is 85.2 Å². The summed E-state index contributed by atoms with van der Waals surface area (Å²) in [6.07, 6.45) is 4.99. The Morgan fingerprint density at radius 3 is 2.84 bits per heavy atom. The number of carbonyl (C=O) groups excluding carboxylic acids is 2. The van der Waals surface area contributed by atoms with Crippen molar-refractivity contribution in [2.24, 2.45) is 7.05 Å². The Kier molecular flexibility index (Phi) is 5.45. The summed E-state index contributed by atoms with van der Waals surface area (Å²) in [6.45, 7) is 0.576. The van der Waals surface area contributed by atoms with Gasteiger partial charge in [-0.25, -0.2) is 4.98 Å². The molecule has 0 saturated carbocycles. The number of rotatable bonds is 5. The molecule has 2 atom stereocenters. The van der Waals surface area contributed by atoms with Gasteiger partial charge in [0.1, 0.15) is 11.9 Å². The van der Waals surface area contributed by atoms with E-state index in [9.17, 15) is 9.59 Å². The smallest absolute Gasteiger partial charge is 0.251 e. The molecular weight excluding hydrogens is 320 g/mol. The van der Waals surface area contributed by atoms with Crippen LogP contribution in [0.15, 0.2) is 42.7 Å². The van der Waals surface area contributed by atoms with Crippen LogP contribution in [0.1, 0.15) is 35.1 Å². The number of carbonyl (C=O) groups is 2. The highest BCUT2D eigenvalue weighted by Gasteiger charge is 2.31. The van der Waals surface area contributed by atoms with Crippen LogP contribution in [0.5, 0.6) is 0 Å². The Morgan fingerprint density at radius 1 is 1.32 bits per heavy atom. The number of aryl methyl sites for hydroxylation is 1. The second-order valence-electron chi connectivity index (χ2n) is 6.05. The van der Waals surface area contributed by atoms with Crippen LogP contribution >= 0.6 is 0 Å². The lowest BCUT2D eigenvalue weighted by atomic mass is 10.0. The third-order valence-electron chi connectivity index (χ3n) is 4.23. The van der Waals surface area contributed by atoms with E-state index in [1.807, 2.05) is 23.9 Å². The molecule has 0 spiro atoms. The standard InChI is InChI=1S/C18H22N4O3/c1-22-10-9-19-17(22)16-14(8-5-11-25-16)21-15(23)12-20-18(24)13-6-3-2-4-7-13/h2-4,6-7,9-10,14,16H,5,8,11-12H2,1H3,(H,20,24)(H,21,23)/t14-,16-/m1/s1. The predicted octanol–water partition coefficient (Wildman–Crippen LogP) is 1.19. The van der Waals surface area contributed by atoms with E-state index in [0.717, 1.165) is 18.7 Å². The van der Waals surface area contributed by atoms with Crippen molar-refractivity contribution >= 4 is 11.8 Å². The van der Waals surface area contributed by atoms with Gasteiger partial charge in [0.05, 0.1) is 12.6 Å². The Balaban J connectivity index is 1.56. The highest BCUT2D eigenvalue weighted by molar-refractivity contribution is 5.96. The first-order valence-electron chi connectivity index (χ1n) is 8.36. The second-order valence-corrected chi connectivity index (χ2v) is 6.05. The third kappa shape index (κ3) is 4.24. The van der Waals surface area contributed by atoms with Crippen molar-refractivity contribution in [3.8, 4) is 0 Å². The average Bonchev–Trinajstić information content (AvgIpc) is 3.07. The molecule has 25 heavy (non-hydrogen) atoms. The van der Waals surface area contributed by atoms with E-state index in [4.69, 9.17) is 4.74 Å². The van der Waals surface area contributed by atoms with Crippen molar-refractivity contribution in [2.75, 3.05) is 13.2 Å². The Labute approximate surface area is 146 Å². The summed E-state index contributed by atoms with van der Waals surface area (Å²) in [5.41, 5.74) is 0.530. The fourth-order valence-electron chi connectivity index (χ4n) is 2.94. The lowest BCUT2D eigenvalue weighted by molar-refractivity contribution is -0.123. The zero-order chi connectivity index (χ0) is 17.6. The van der Waals surface area contributed by atoms with Crippen molar-refractivity contribution in [3.05, 3.63) is 54.1 Å². The van der Waals surface area contributed by atoms with Crippen LogP contribution < -0.4 is 10.6 Å². The van der Waals surface area contributed by atoms with Gasteiger partial charge in [-0.1, -0.05) is 18.2 Å². The summed E-state index contributed by atoms with van der Waals surface area (Å²) < 4.78 is 7.72. The quantitative estimate of drug-likeness (QED) is 0.855. The molecule has 132 valence electrons. The van der Waals surface area contributed by atoms with Crippen molar-refractivity contribution in [1.29, 1.82) is 0 Å². The molecule has 1 aliphatic rings. The van der Waals surface area contributed by atoms with Crippen molar-refractivity contribution < 1.29 is 14.3 Å². The van der Waals surface area contributed by atoms with Crippen LogP contribution in [-0.4, -0.2) is 40.6 Å². The first-order valence-corrected chi connectivity index (χ1v) is 8.36. The van der Waals surface area contributed by atoms with Gasteiger partial charge < -0.3 is 19.9 Å². The van der Waals surface area contributed by atoms with E-state index in [1.54, 1.807) is 30.5 Å². The molecule has 7 heteroatoms. The van der Waals surface area contributed by atoms with E-state index >= 15 is 0 Å². The van der Waals surface area contributed by atoms with Gasteiger partial charge >= 0.3 is 0 Å². The number of imidazole rings is 1. The summed E-state index contributed by atoms with van der Waals surface area (Å²) in [5, 5.41) is 5.60. The van der Waals surface area contributed by atoms with Crippen LogP contribution in [0, 0.1) is 0 Å². The lowest BCUT2D eigenvalue weighted by Gasteiger charge is -2.31. The van der Waals surface area contributed by atoms with E-state index in [0.29, 0.717) is 12.2 Å². The minimum Gasteiger partial charge on any atom is -0.368 e. The monoisotopic (exact) mass is 342 g/mol.